The van der Waals surface area contributed by atoms with Crippen molar-refractivity contribution in [2.24, 2.45) is 5.92 Å². The Bertz CT molecular complexity index is 1260. The molecule has 0 fully saturated rings. The first-order valence-corrected chi connectivity index (χ1v) is 12.8. The third kappa shape index (κ3) is 6.87. The zero-order valence-corrected chi connectivity index (χ0v) is 21.9. The average molecular weight is 495 g/mol. The Labute approximate surface area is 220 Å². The van der Waals surface area contributed by atoms with Gasteiger partial charge in [-0.25, -0.2) is 4.79 Å². The second-order valence-electron chi connectivity index (χ2n) is 9.92. The van der Waals surface area contributed by atoms with Gasteiger partial charge in [-0.15, -0.1) is 0 Å². The van der Waals surface area contributed by atoms with E-state index in [0.29, 0.717) is 24.3 Å². The smallest absolute Gasteiger partial charge is 0.339 e. The molecule has 0 bridgehead atoms. The third-order valence-corrected chi connectivity index (χ3v) is 6.68. The molecule has 2 atom stereocenters. The van der Waals surface area contributed by atoms with Crippen molar-refractivity contribution in [3.63, 3.8) is 0 Å². The minimum atomic E-state index is -0.835. The van der Waals surface area contributed by atoms with Gasteiger partial charge in [-0.3, -0.25) is 0 Å². The van der Waals surface area contributed by atoms with Crippen molar-refractivity contribution in [1.29, 1.82) is 0 Å². The van der Waals surface area contributed by atoms with Crippen LogP contribution in [0.15, 0.2) is 115 Å². The van der Waals surface area contributed by atoms with E-state index < -0.39 is 5.60 Å². The van der Waals surface area contributed by atoms with Crippen LogP contribution in [-0.4, -0.2) is 26.6 Å². The van der Waals surface area contributed by atoms with E-state index in [2.05, 4.69) is 45.3 Å². The lowest BCUT2D eigenvalue weighted by molar-refractivity contribution is -0.863. The average Bonchev–Trinajstić information content (AvgIpc) is 2.93. The summed E-state index contributed by atoms with van der Waals surface area (Å²) in [6.45, 7) is 3.45. The predicted molar refractivity (Wildman–Crippen MR) is 148 cm³/mol. The topological polar surface area (TPSA) is 40.0 Å². The highest BCUT2D eigenvalue weighted by molar-refractivity contribution is 5.90. The number of hydrogen-bond donors (Lipinski definition) is 1. The molecule has 0 saturated heterocycles. The number of hydrogen-bond acceptors (Lipinski definition) is 3. The highest BCUT2D eigenvalue weighted by Gasteiger charge is 2.43. The van der Waals surface area contributed by atoms with Crippen LogP contribution < -0.4 is 9.64 Å². The minimum Gasteiger partial charge on any atom is -0.489 e. The number of carbonyl (C=O) groups is 1. The Hall–Kier alpha value is -3.89. The molecular formula is C33H36NO3+. The number of quaternary nitrogens is 1. The van der Waals surface area contributed by atoms with Crippen molar-refractivity contribution in [3.05, 3.63) is 138 Å². The number of esters is 1. The van der Waals surface area contributed by atoms with E-state index in [1.54, 1.807) is 12.1 Å². The van der Waals surface area contributed by atoms with E-state index in [0.717, 1.165) is 23.2 Å². The van der Waals surface area contributed by atoms with E-state index in [4.69, 9.17) is 9.47 Å². The van der Waals surface area contributed by atoms with Gasteiger partial charge in [-0.1, -0.05) is 104 Å². The summed E-state index contributed by atoms with van der Waals surface area (Å²) in [7, 11) is 4.26. The van der Waals surface area contributed by atoms with Crippen LogP contribution in [0.5, 0.6) is 5.75 Å². The molecule has 37 heavy (non-hydrogen) atoms. The minimum absolute atomic E-state index is 0.0570. The molecule has 0 saturated carbocycles. The largest absolute Gasteiger partial charge is 0.489 e. The number of benzene rings is 4. The van der Waals surface area contributed by atoms with E-state index in [1.165, 1.54) is 4.90 Å². The maximum atomic E-state index is 13.8. The number of carbonyl (C=O) groups excluding carboxylic acids is 1. The molecule has 0 aliphatic carbocycles. The third-order valence-electron chi connectivity index (χ3n) is 6.68. The number of nitrogens with one attached hydrogen (secondary N) is 1. The van der Waals surface area contributed by atoms with E-state index in [1.807, 2.05) is 78.9 Å². The molecule has 4 nitrogen and oxygen atoms in total. The Balaban J connectivity index is 1.66. The molecule has 0 aliphatic heterocycles. The number of rotatable bonds is 11. The molecule has 190 valence electrons. The van der Waals surface area contributed by atoms with Crippen LogP contribution in [0.25, 0.3) is 0 Å². The van der Waals surface area contributed by atoms with E-state index >= 15 is 0 Å². The van der Waals surface area contributed by atoms with Crippen LogP contribution in [0.4, 0.5) is 0 Å². The molecule has 0 unspecified atom stereocenters. The first-order chi connectivity index (χ1) is 18.0. The lowest BCUT2D eigenvalue weighted by Gasteiger charge is -2.39. The van der Waals surface area contributed by atoms with Crippen LogP contribution in [0.3, 0.4) is 0 Å². The van der Waals surface area contributed by atoms with Crippen molar-refractivity contribution in [2.45, 2.75) is 25.6 Å². The van der Waals surface area contributed by atoms with Gasteiger partial charge < -0.3 is 14.4 Å². The van der Waals surface area contributed by atoms with Gasteiger partial charge in [0.1, 0.15) is 18.0 Å². The molecule has 4 heteroatoms. The lowest BCUT2D eigenvalue weighted by atomic mass is 9.77. The molecule has 4 rings (SSSR count). The van der Waals surface area contributed by atoms with Gasteiger partial charge in [0, 0.05) is 12.3 Å². The van der Waals surface area contributed by atoms with Gasteiger partial charge in [0.2, 0.25) is 0 Å². The second-order valence-corrected chi connectivity index (χ2v) is 9.92. The summed E-state index contributed by atoms with van der Waals surface area (Å²) in [4.78, 5) is 15.1. The summed E-state index contributed by atoms with van der Waals surface area (Å²) in [5.74, 6) is 0.338. The normalized spacial score (nSPS) is 13.5. The van der Waals surface area contributed by atoms with Crippen LogP contribution in [0.2, 0.25) is 0 Å². The van der Waals surface area contributed by atoms with Crippen molar-refractivity contribution >= 4 is 5.97 Å². The highest BCUT2D eigenvalue weighted by Crippen LogP contribution is 2.38. The zero-order valence-electron chi connectivity index (χ0n) is 21.9. The molecule has 4 aromatic rings. The molecule has 4 aromatic carbocycles. The van der Waals surface area contributed by atoms with E-state index in [-0.39, 0.29) is 11.9 Å². The Morgan fingerprint density at radius 3 is 2.00 bits per heavy atom. The first-order valence-electron chi connectivity index (χ1n) is 12.8. The lowest BCUT2D eigenvalue weighted by Crippen LogP contribution is -3.06. The number of ether oxygens (including phenoxy) is 2. The fourth-order valence-corrected chi connectivity index (χ4v) is 4.83. The maximum Gasteiger partial charge on any atom is 0.339 e. The quantitative estimate of drug-likeness (QED) is 0.286. The van der Waals surface area contributed by atoms with Gasteiger partial charge in [0.25, 0.3) is 0 Å². The van der Waals surface area contributed by atoms with Gasteiger partial charge in [-0.2, -0.15) is 0 Å². The van der Waals surface area contributed by atoms with E-state index in [9.17, 15) is 4.79 Å². The van der Waals surface area contributed by atoms with Crippen molar-refractivity contribution in [1.82, 2.24) is 0 Å². The van der Waals surface area contributed by atoms with Crippen molar-refractivity contribution in [2.75, 3.05) is 20.6 Å². The fraction of sp³-hybridized carbons (Fsp3) is 0.242. The van der Waals surface area contributed by atoms with Crippen LogP contribution in [-0.2, 0) is 23.4 Å². The molecule has 0 heterocycles. The summed E-state index contributed by atoms with van der Waals surface area (Å²) in [5.41, 5.74) is 2.83. The highest BCUT2D eigenvalue weighted by atomic mass is 16.6. The summed E-state index contributed by atoms with van der Waals surface area (Å²) in [6, 6.07) is 37.7. The Morgan fingerprint density at radius 2 is 1.38 bits per heavy atom. The molecule has 0 spiro atoms. The zero-order chi connectivity index (χ0) is 26.1. The standard InChI is InChI=1S/C33H35NO3/c1-26(24-34(2)3)33(30-19-11-6-12-20-30,23-27-14-7-4-8-15-27)37-32(35)29-18-13-21-31(22-29)36-25-28-16-9-5-10-17-28/h4-22,26H,23-25H2,1-3H3/p+1/t26-,33+/m0/s1. The van der Waals surface area contributed by atoms with Crippen LogP contribution >= 0.6 is 0 Å². The predicted octanol–water partition coefficient (Wildman–Crippen LogP) is 5.34. The molecular weight excluding hydrogens is 458 g/mol. The first kappa shape index (κ1) is 26.2. The SMILES string of the molecule is C[C@@H](C[NH+](C)C)[C@@](Cc1ccccc1)(OC(=O)c1cccc(OCc2ccccc2)c1)c1ccccc1. The summed E-state index contributed by atoms with van der Waals surface area (Å²) in [5, 5.41) is 0. The summed E-state index contributed by atoms with van der Waals surface area (Å²) < 4.78 is 12.6. The van der Waals surface area contributed by atoms with Gasteiger partial charge in [0.05, 0.1) is 26.2 Å². The molecule has 0 radical (unpaired) electrons. The molecule has 1 N–H and O–H groups in total. The van der Waals surface area contributed by atoms with Gasteiger partial charge in [-0.05, 0) is 34.9 Å². The van der Waals surface area contributed by atoms with Gasteiger partial charge in [0.15, 0.2) is 0 Å². The van der Waals surface area contributed by atoms with Crippen molar-refractivity contribution in [3.8, 4) is 5.75 Å². The van der Waals surface area contributed by atoms with Gasteiger partial charge >= 0.3 is 5.97 Å². The molecule has 0 aromatic heterocycles. The fourth-order valence-electron chi connectivity index (χ4n) is 4.83. The summed E-state index contributed by atoms with van der Waals surface area (Å²) in [6.07, 6.45) is 0.586. The maximum absolute atomic E-state index is 13.8. The van der Waals surface area contributed by atoms with Crippen LogP contribution in [0, 0.1) is 5.92 Å². The second kappa shape index (κ2) is 12.4. The van der Waals surface area contributed by atoms with Crippen LogP contribution in [0.1, 0.15) is 34.0 Å². The van der Waals surface area contributed by atoms with Crippen molar-refractivity contribution < 1.29 is 19.2 Å². The monoisotopic (exact) mass is 494 g/mol. The Kier molecular flexibility index (Phi) is 8.76. The molecule has 0 amide bonds. The molecule has 0 aliphatic rings. The Morgan fingerprint density at radius 1 is 0.784 bits per heavy atom. The summed E-state index contributed by atoms with van der Waals surface area (Å²) >= 11 is 0.